The van der Waals surface area contributed by atoms with Crippen LogP contribution in [0, 0.1) is 5.82 Å². The number of aldehydes is 1. The van der Waals surface area contributed by atoms with Gasteiger partial charge in [0.2, 0.25) is 0 Å². The van der Waals surface area contributed by atoms with Crippen LogP contribution in [0.25, 0.3) is 0 Å². The van der Waals surface area contributed by atoms with Crippen molar-refractivity contribution in [3.8, 4) is 5.75 Å². The number of carbonyl (C=O) groups excluding carboxylic acids is 2. The van der Waals surface area contributed by atoms with Gasteiger partial charge in [-0.15, -0.1) is 0 Å². The van der Waals surface area contributed by atoms with Crippen LogP contribution in [0.2, 0.25) is 0 Å². The van der Waals surface area contributed by atoms with Gasteiger partial charge in [-0.3, -0.25) is 9.59 Å². The van der Waals surface area contributed by atoms with Crippen molar-refractivity contribution in [3.63, 3.8) is 0 Å². The quantitative estimate of drug-likeness (QED) is 0.611. The summed E-state index contributed by atoms with van der Waals surface area (Å²) in [6, 6.07) is 12.4. The molecule has 0 heterocycles. The van der Waals surface area contributed by atoms with Crippen LogP contribution < -0.4 is 4.74 Å². The van der Waals surface area contributed by atoms with Crippen LogP contribution in [-0.4, -0.2) is 18.7 Å². The molecule has 0 aliphatic carbocycles. The molecule has 2 aromatic rings. The van der Waals surface area contributed by atoms with E-state index >= 15 is 0 Å². The SMILES string of the molecule is O=Cc1ccc(OCC(=O)c2ccccc2)c(F)c1. The molecule has 0 amide bonds. The molecule has 96 valence electrons. The monoisotopic (exact) mass is 258 g/mol. The van der Waals surface area contributed by atoms with Crippen LogP contribution in [0.1, 0.15) is 20.7 Å². The van der Waals surface area contributed by atoms with Crippen LogP contribution in [0.3, 0.4) is 0 Å². The maximum absolute atomic E-state index is 13.5. The Bertz CT molecular complexity index is 594. The fourth-order valence-electron chi connectivity index (χ4n) is 1.56. The predicted octanol–water partition coefficient (Wildman–Crippen LogP) is 2.90. The molecule has 0 unspecified atom stereocenters. The molecular formula is C15H11FO3. The van der Waals surface area contributed by atoms with Gasteiger partial charge in [0.15, 0.2) is 24.0 Å². The van der Waals surface area contributed by atoms with Crippen molar-refractivity contribution in [1.82, 2.24) is 0 Å². The van der Waals surface area contributed by atoms with E-state index in [2.05, 4.69) is 0 Å². The summed E-state index contributed by atoms with van der Waals surface area (Å²) in [5.74, 6) is -0.945. The number of hydrogen-bond acceptors (Lipinski definition) is 3. The molecular weight excluding hydrogens is 247 g/mol. The van der Waals surface area contributed by atoms with E-state index in [0.717, 1.165) is 6.07 Å². The van der Waals surface area contributed by atoms with E-state index in [4.69, 9.17) is 4.74 Å². The van der Waals surface area contributed by atoms with Crippen molar-refractivity contribution >= 4 is 12.1 Å². The van der Waals surface area contributed by atoms with E-state index in [9.17, 15) is 14.0 Å². The van der Waals surface area contributed by atoms with Crippen LogP contribution in [0.15, 0.2) is 48.5 Å². The van der Waals surface area contributed by atoms with Gasteiger partial charge in [-0.1, -0.05) is 30.3 Å². The summed E-state index contributed by atoms with van der Waals surface area (Å²) in [6.07, 6.45) is 0.544. The molecule has 0 aromatic heterocycles. The molecule has 2 aromatic carbocycles. The zero-order valence-corrected chi connectivity index (χ0v) is 10.0. The first-order chi connectivity index (χ1) is 9.20. The zero-order chi connectivity index (χ0) is 13.7. The van der Waals surface area contributed by atoms with E-state index in [1.54, 1.807) is 30.3 Å². The van der Waals surface area contributed by atoms with Crippen molar-refractivity contribution in [2.45, 2.75) is 0 Å². The number of halogens is 1. The van der Waals surface area contributed by atoms with Crippen LogP contribution in [0.4, 0.5) is 4.39 Å². The lowest BCUT2D eigenvalue weighted by molar-refractivity contribution is 0.0918. The molecule has 0 saturated carbocycles. The Hall–Kier alpha value is -2.49. The molecule has 0 bridgehead atoms. The molecule has 0 saturated heterocycles. The van der Waals surface area contributed by atoms with E-state index in [0.29, 0.717) is 11.8 Å². The van der Waals surface area contributed by atoms with Crippen molar-refractivity contribution in [3.05, 3.63) is 65.5 Å². The highest BCUT2D eigenvalue weighted by molar-refractivity contribution is 5.97. The average molecular weight is 258 g/mol. The normalized spacial score (nSPS) is 9.95. The third-order valence-electron chi connectivity index (χ3n) is 2.55. The number of hydrogen-bond donors (Lipinski definition) is 0. The smallest absolute Gasteiger partial charge is 0.200 e. The van der Waals surface area contributed by atoms with Crippen molar-refractivity contribution < 1.29 is 18.7 Å². The highest BCUT2D eigenvalue weighted by atomic mass is 19.1. The third-order valence-corrected chi connectivity index (χ3v) is 2.55. The summed E-state index contributed by atoms with van der Waals surface area (Å²) in [5.41, 5.74) is 0.728. The minimum absolute atomic E-state index is 0.0464. The first-order valence-electron chi connectivity index (χ1n) is 5.66. The summed E-state index contributed by atoms with van der Waals surface area (Å²) in [7, 11) is 0. The molecule has 4 heteroatoms. The second kappa shape index (κ2) is 5.91. The van der Waals surface area contributed by atoms with Gasteiger partial charge in [0.25, 0.3) is 0 Å². The highest BCUT2D eigenvalue weighted by Crippen LogP contribution is 2.17. The summed E-state index contributed by atoms with van der Waals surface area (Å²) < 4.78 is 18.6. The Kier molecular flexibility index (Phi) is 4.03. The first kappa shape index (κ1) is 13.0. The lowest BCUT2D eigenvalue weighted by atomic mass is 10.1. The molecule has 19 heavy (non-hydrogen) atoms. The lowest BCUT2D eigenvalue weighted by Gasteiger charge is -2.06. The topological polar surface area (TPSA) is 43.4 Å². The molecule has 0 spiro atoms. The number of benzene rings is 2. The molecule has 0 N–H and O–H groups in total. The van der Waals surface area contributed by atoms with Gasteiger partial charge in [-0.25, -0.2) is 4.39 Å². The number of ketones is 1. The van der Waals surface area contributed by atoms with Gasteiger partial charge >= 0.3 is 0 Å². The molecule has 0 fully saturated rings. The maximum atomic E-state index is 13.5. The first-order valence-corrected chi connectivity index (χ1v) is 5.66. The van der Waals surface area contributed by atoms with Crippen LogP contribution in [0.5, 0.6) is 5.75 Å². The third kappa shape index (κ3) is 3.25. The number of Topliss-reactive ketones (excluding diaryl/α,β-unsaturated/α-hetero) is 1. The Balaban J connectivity index is 2.03. The van der Waals surface area contributed by atoms with Crippen LogP contribution >= 0.6 is 0 Å². The number of carbonyl (C=O) groups is 2. The number of ether oxygens (including phenoxy) is 1. The Morgan fingerprint density at radius 2 is 1.89 bits per heavy atom. The molecule has 0 atom stereocenters. The molecule has 0 radical (unpaired) electrons. The molecule has 2 rings (SSSR count). The van der Waals surface area contributed by atoms with E-state index in [-0.39, 0.29) is 23.7 Å². The summed E-state index contributed by atoms with van der Waals surface area (Å²) in [6.45, 7) is -0.249. The molecule has 3 nitrogen and oxygen atoms in total. The van der Waals surface area contributed by atoms with E-state index in [1.165, 1.54) is 12.1 Å². The predicted molar refractivity (Wildman–Crippen MR) is 68.1 cm³/mol. The minimum atomic E-state index is -0.662. The van der Waals surface area contributed by atoms with Gasteiger partial charge in [-0.05, 0) is 18.2 Å². The zero-order valence-electron chi connectivity index (χ0n) is 10.0. The summed E-state index contributed by atoms with van der Waals surface area (Å²) in [4.78, 5) is 22.2. The summed E-state index contributed by atoms with van der Waals surface area (Å²) >= 11 is 0. The van der Waals surface area contributed by atoms with Crippen LogP contribution in [-0.2, 0) is 0 Å². The van der Waals surface area contributed by atoms with E-state index in [1.807, 2.05) is 0 Å². The Morgan fingerprint density at radius 1 is 1.16 bits per heavy atom. The van der Waals surface area contributed by atoms with Gasteiger partial charge in [-0.2, -0.15) is 0 Å². The largest absolute Gasteiger partial charge is 0.482 e. The van der Waals surface area contributed by atoms with Crippen molar-refractivity contribution in [2.75, 3.05) is 6.61 Å². The number of rotatable bonds is 5. The minimum Gasteiger partial charge on any atom is -0.482 e. The lowest BCUT2D eigenvalue weighted by Crippen LogP contribution is -2.12. The Morgan fingerprint density at radius 3 is 2.53 bits per heavy atom. The second-order valence-electron chi connectivity index (χ2n) is 3.89. The molecule has 0 aliphatic heterocycles. The Labute approximate surface area is 109 Å². The highest BCUT2D eigenvalue weighted by Gasteiger charge is 2.09. The van der Waals surface area contributed by atoms with Gasteiger partial charge in [0.1, 0.15) is 6.29 Å². The fourth-order valence-corrected chi connectivity index (χ4v) is 1.56. The van der Waals surface area contributed by atoms with E-state index < -0.39 is 5.82 Å². The van der Waals surface area contributed by atoms with Gasteiger partial charge in [0.05, 0.1) is 0 Å². The molecule has 0 aliphatic rings. The second-order valence-corrected chi connectivity index (χ2v) is 3.89. The standard InChI is InChI=1S/C15H11FO3/c16-13-8-11(9-17)6-7-15(13)19-10-14(18)12-4-2-1-3-5-12/h1-9H,10H2. The van der Waals surface area contributed by atoms with Gasteiger partial charge in [0, 0.05) is 11.1 Å². The summed E-state index contributed by atoms with van der Waals surface area (Å²) in [5, 5.41) is 0. The van der Waals surface area contributed by atoms with Crippen molar-refractivity contribution in [2.24, 2.45) is 0 Å². The van der Waals surface area contributed by atoms with Crippen molar-refractivity contribution in [1.29, 1.82) is 0 Å². The maximum Gasteiger partial charge on any atom is 0.200 e. The van der Waals surface area contributed by atoms with Gasteiger partial charge < -0.3 is 4.74 Å². The fraction of sp³-hybridized carbons (Fsp3) is 0.0667. The average Bonchev–Trinajstić information content (AvgIpc) is 2.46.